The van der Waals surface area contributed by atoms with Gasteiger partial charge in [0.1, 0.15) is 0 Å². The normalized spacial score (nSPS) is 46.6. The van der Waals surface area contributed by atoms with E-state index in [0.29, 0.717) is 47.0 Å². The Kier molecular flexibility index (Phi) is 6.65. The van der Waals surface area contributed by atoms with Crippen LogP contribution in [0.25, 0.3) is 0 Å². The lowest BCUT2D eigenvalue weighted by atomic mass is 9.31. The summed E-state index contributed by atoms with van der Waals surface area (Å²) in [5.41, 5.74) is 2.00. The first-order valence-corrected chi connectivity index (χ1v) is 16.7. The molecule has 4 nitrogen and oxygen atoms in total. The van der Waals surface area contributed by atoms with Crippen molar-refractivity contribution >= 4 is 11.9 Å². The quantitative estimate of drug-likeness (QED) is 0.383. The second kappa shape index (κ2) is 9.33. The average molecular weight is 563 g/mol. The van der Waals surface area contributed by atoms with Crippen molar-refractivity contribution in [2.24, 2.45) is 62.6 Å². The lowest BCUT2D eigenvalue weighted by Gasteiger charge is -2.73. The van der Waals surface area contributed by atoms with E-state index in [2.05, 4.69) is 60.6 Å². The van der Waals surface area contributed by atoms with Crippen LogP contribution in [0, 0.1) is 62.6 Å². The second-order valence-corrected chi connectivity index (χ2v) is 16.9. The SMILES string of the molecule is CC(C)[C@@H]1CC[C@]2(C(=O)O)CC[C@]3(C)[C@H](CC[C@@H]4[C@@]5(C)CC[C@H](c6ccc(C(=O)O)cc6)C(C)(C)[C@@H]5CC[C@]43C)C12. The predicted molar refractivity (Wildman–Crippen MR) is 163 cm³/mol. The number of aliphatic carboxylic acids is 1. The predicted octanol–water partition coefficient (Wildman–Crippen LogP) is 9.29. The Hall–Kier alpha value is -1.84. The summed E-state index contributed by atoms with van der Waals surface area (Å²) in [5.74, 6) is 2.28. The third-order valence-corrected chi connectivity index (χ3v) is 15.4. The van der Waals surface area contributed by atoms with Crippen molar-refractivity contribution in [2.45, 2.75) is 119 Å². The highest BCUT2D eigenvalue weighted by Gasteiger charge is 2.72. The van der Waals surface area contributed by atoms with Crippen molar-refractivity contribution < 1.29 is 19.8 Å². The molecule has 1 unspecified atom stereocenters. The van der Waals surface area contributed by atoms with Crippen molar-refractivity contribution in [1.82, 2.24) is 0 Å². The fraction of sp³-hybridized carbons (Fsp3) is 0.784. The van der Waals surface area contributed by atoms with Gasteiger partial charge in [-0.2, -0.15) is 0 Å². The molecule has 5 aliphatic rings. The molecule has 41 heavy (non-hydrogen) atoms. The molecule has 5 fully saturated rings. The molecule has 2 N–H and O–H groups in total. The maximum atomic E-state index is 12.9. The Labute approximate surface area is 248 Å². The van der Waals surface area contributed by atoms with Crippen LogP contribution in [0.1, 0.15) is 135 Å². The smallest absolute Gasteiger partial charge is 0.335 e. The Morgan fingerprint density at radius 3 is 2.05 bits per heavy atom. The molecule has 5 aliphatic carbocycles. The number of carbonyl (C=O) groups is 2. The van der Waals surface area contributed by atoms with Crippen LogP contribution in [0.3, 0.4) is 0 Å². The standard InChI is InChI=1S/C37H54O4/c1-22(2)25-14-19-37(32(40)41)21-20-35(6)27(30(25)37)12-13-29-34(5)17-15-26(23-8-10-24(11-9-23)31(38)39)33(3,4)28(34)16-18-36(29,35)7/h8-11,22,25-30H,12-21H2,1-7H3,(H,38,39)(H,40,41)/t25-,26+,27+,28-,29+,30?,34-,35+,36+,37-/m0/s1. The zero-order valence-electron chi connectivity index (χ0n) is 26.6. The van der Waals surface area contributed by atoms with E-state index in [1.807, 2.05) is 0 Å². The Morgan fingerprint density at radius 1 is 0.756 bits per heavy atom. The van der Waals surface area contributed by atoms with Crippen molar-refractivity contribution in [3.63, 3.8) is 0 Å². The lowest BCUT2D eigenvalue weighted by molar-refractivity contribution is -0.241. The van der Waals surface area contributed by atoms with Gasteiger partial charge >= 0.3 is 11.9 Å². The fourth-order valence-electron chi connectivity index (χ4n) is 13.2. The van der Waals surface area contributed by atoms with Gasteiger partial charge in [-0.25, -0.2) is 4.79 Å². The molecule has 5 saturated carbocycles. The van der Waals surface area contributed by atoms with Gasteiger partial charge in [-0.15, -0.1) is 0 Å². The molecule has 0 spiro atoms. The Balaban J connectivity index is 1.33. The van der Waals surface area contributed by atoms with Gasteiger partial charge in [0.2, 0.25) is 0 Å². The first-order valence-electron chi connectivity index (χ1n) is 16.7. The monoisotopic (exact) mass is 562 g/mol. The summed E-state index contributed by atoms with van der Waals surface area (Å²) in [4.78, 5) is 24.4. The first kappa shape index (κ1) is 29.2. The van der Waals surface area contributed by atoms with E-state index in [4.69, 9.17) is 0 Å². The lowest BCUT2D eigenvalue weighted by Crippen LogP contribution is -2.66. The Bertz CT molecular complexity index is 1220. The van der Waals surface area contributed by atoms with E-state index in [9.17, 15) is 19.8 Å². The van der Waals surface area contributed by atoms with E-state index in [-0.39, 0.29) is 21.7 Å². The van der Waals surface area contributed by atoms with E-state index < -0.39 is 17.4 Å². The summed E-state index contributed by atoms with van der Waals surface area (Å²) in [7, 11) is 0. The second-order valence-electron chi connectivity index (χ2n) is 16.9. The van der Waals surface area contributed by atoms with Gasteiger partial charge in [0.25, 0.3) is 0 Å². The maximum absolute atomic E-state index is 12.9. The van der Waals surface area contributed by atoms with E-state index in [1.165, 1.54) is 37.7 Å². The number of carboxylic acids is 2. The molecule has 1 aromatic rings. The molecule has 0 aromatic heterocycles. The van der Waals surface area contributed by atoms with Crippen LogP contribution in [0.4, 0.5) is 0 Å². The molecule has 6 rings (SSSR count). The molecule has 10 atom stereocenters. The molecule has 0 saturated heterocycles. The molecule has 0 radical (unpaired) electrons. The number of hydrogen-bond acceptors (Lipinski definition) is 2. The van der Waals surface area contributed by atoms with Crippen molar-refractivity contribution in [3.05, 3.63) is 35.4 Å². The minimum absolute atomic E-state index is 0.135. The minimum Gasteiger partial charge on any atom is -0.481 e. The maximum Gasteiger partial charge on any atom is 0.335 e. The average Bonchev–Trinajstić information content (AvgIpc) is 3.30. The summed E-state index contributed by atoms with van der Waals surface area (Å²) >= 11 is 0. The Morgan fingerprint density at radius 2 is 1.44 bits per heavy atom. The van der Waals surface area contributed by atoms with Gasteiger partial charge in [-0.3, -0.25) is 4.79 Å². The summed E-state index contributed by atoms with van der Waals surface area (Å²) < 4.78 is 0. The highest BCUT2D eigenvalue weighted by atomic mass is 16.4. The number of hydrogen-bond donors (Lipinski definition) is 2. The van der Waals surface area contributed by atoms with Gasteiger partial charge in [0.05, 0.1) is 11.0 Å². The number of aromatic carboxylic acids is 1. The zero-order chi connectivity index (χ0) is 29.8. The topological polar surface area (TPSA) is 74.6 Å². The van der Waals surface area contributed by atoms with Crippen molar-refractivity contribution in [2.75, 3.05) is 0 Å². The van der Waals surface area contributed by atoms with Gasteiger partial charge < -0.3 is 10.2 Å². The fourth-order valence-corrected chi connectivity index (χ4v) is 13.2. The van der Waals surface area contributed by atoms with Gasteiger partial charge in [0, 0.05) is 0 Å². The van der Waals surface area contributed by atoms with Crippen LogP contribution in [-0.2, 0) is 4.79 Å². The molecular weight excluding hydrogens is 508 g/mol. The van der Waals surface area contributed by atoms with Gasteiger partial charge in [-0.1, -0.05) is 60.6 Å². The van der Waals surface area contributed by atoms with Crippen LogP contribution in [-0.4, -0.2) is 22.2 Å². The number of carboxylic acid groups (broad SMARTS) is 2. The molecule has 0 aliphatic heterocycles. The zero-order valence-corrected chi connectivity index (χ0v) is 26.6. The highest BCUT2D eigenvalue weighted by molar-refractivity contribution is 5.87. The third-order valence-electron chi connectivity index (χ3n) is 15.4. The molecule has 0 amide bonds. The molecule has 1 aromatic carbocycles. The van der Waals surface area contributed by atoms with Crippen molar-refractivity contribution in [1.29, 1.82) is 0 Å². The largest absolute Gasteiger partial charge is 0.481 e. The molecule has 0 heterocycles. The summed E-state index contributed by atoms with van der Waals surface area (Å²) in [6.45, 7) is 17.5. The van der Waals surface area contributed by atoms with Crippen LogP contribution >= 0.6 is 0 Å². The van der Waals surface area contributed by atoms with Crippen molar-refractivity contribution in [3.8, 4) is 0 Å². The van der Waals surface area contributed by atoms with E-state index in [0.717, 1.165) is 32.1 Å². The molecule has 226 valence electrons. The van der Waals surface area contributed by atoms with Crippen LogP contribution in [0.5, 0.6) is 0 Å². The summed E-state index contributed by atoms with van der Waals surface area (Å²) in [5, 5.41) is 20.1. The third kappa shape index (κ3) is 3.76. The molecule has 4 heteroatoms. The van der Waals surface area contributed by atoms with Crippen LogP contribution in [0.15, 0.2) is 24.3 Å². The minimum atomic E-state index is -0.858. The molecular formula is C37H54O4. The number of rotatable bonds is 4. The summed E-state index contributed by atoms with van der Waals surface area (Å²) in [6.07, 6.45) is 11.2. The van der Waals surface area contributed by atoms with Gasteiger partial charge in [0.15, 0.2) is 0 Å². The number of fused-ring (bicyclic) bond motifs is 7. The highest BCUT2D eigenvalue weighted by Crippen LogP contribution is 2.78. The van der Waals surface area contributed by atoms with E-state index in [1.54, 1.807) is 12.1 Å². The van der Waals surface area contributed by atoms with E-state index >= 15 is 0 Å². The number of benzene rings is 1. The van der Waals surface area contributed by atoms with Gasteiger partial charge in [-0.05, 0) is 145 Å². The molecule has 0 bridgehead atoms. The van der Waals surface area contributed by atoms with Crippen LogP contribution in [0.2, 0.25) is 0 Å². The first-order chi connectivity index (χ1) is 19.1. The van der Waals surface area contributed by atoms with Crippen LogP contribution < -0.4 is 0 Å². The summed E-state index contributed by atoms with van der Waals surface area (Å²) in [6, 6.07) is 7.72.